The Morgan fingerprint density at radius 2 is 1.66 bits per heavy atom. The molecular formula is C27H38N4O4. The molecule has 0 unspecified atom stereocenters. The molecule has 0 aliphatic rings. The molecule has 8 heteroatoms. The zero-order valence-corrected chi connectivity index (χ0v) is 20.8. The quantitative estimate of drug-likeness (QED) is 0.299. The van der Waals surface area contributed by atoms with Gasteiger partial charge in [-0.25, -0.2) is 0 Å². The predicted octanol–water partition coefficient (Wildman–Crippen LogP) is 2.89. The van der Waals surface area contributed by atoms with Gasteiger partial charge >= 0.3 is 0 Å². The number of hydrogen-bond donors (Lipinski definition) is 5. The average Bonchev–Trinajstić information content (AvgIpc) is 2.81. The van der Waals surface area contributed by atoms with Gasteiger partial charge in [0.1, 0.15) is 11.8 Å². The van der Waals surface area contributed by atoms with Crippen molar-refractivity contribution in [2.75, 3.05) is 11.9 Å². The number of carbonyl (C=O) groups is 3. The molecule has 35 heavy (non-hydrogen) atoms. The first-order valence-corrected chi connectivity index (χ1v) is 12.1. The minimum absolute atomic E-state index is 0.0344. The number of anilines is 1. The lowest BCUT2D eigenvalue weighted by molar-refractivity contribution is -0.127. The number of rotatable bonds is 13. The van der Waals surface area contributed by atoms with Gasteiger partial charge in [-0.3, -0.25) is 14.4 Å². The van der Waals surface area contributed by atoms with Crippen LogP contribution in [0.15, 0.2) is 48.5 Å². The van der Waals surface area contributed by atoms with E-state index in [2.05, 4.69) is 29.8 Å². The third kappa shape index (κ3) is 10.2. The van der Waals surface area contributed by atoms with Crippen LogP contribution in [0, 0.1) is 5.92 Å². The van der Waals surface area contributed by atoms with Crippen LogP contribution < -0.4 is 21.7 Å². The first-order chi connectivity index (χ1) is 16.7. The van der Waals surface area contributed by atoms with E-state index in [0.29, 0.717) is 37.4 Å². The lowest BCUT2D eigenvalue weighted by Gasteiger charge is -2.18. The number of aromatic hydroxyl groups is 1. The third-order valence-electron chi connectivity index (χ3n) is 5.65. The monoisotopic (exact) mass is 482 g/mol. The molecule has 0 radical (unpaired) electrons. The summed E-state index contributed by atoms with van der Waals surface area (Å²) in [5.41, 5.74) is 8.40. The van der Waals surface area contributed by atoms with E-state index in [-0.39, 0.29) is 24.0 Å². The molecule has 2 aromatic rings. The number of nitrogens with one attached hydrogen (secondary N) is 3. The minimum Gasteiger partial charge on any atom is -0.508 e. The summed E-state index contributed by atoms with van der Waals surface area (Å²) in [6.45, 7) is 6.53. The molecule has 0 aliphatic heterocycles. The van der Waals surface area contributed by atoms with Crippen molar-refractivity contribution >= 4 is 23.4 Å². The maximum atomic E-state index is 12.7. The molecule has 0 saturated heterocycles. The second-order valence-electron chi connectivity index (χ2n) is 9.24. The van der Waals surface area contributed by atoms with E-state index in [1.54, 1.807) is 25.1 Å². The fourth-order valence-electron chi connectivity index (χ4n) is 3.49. The van der Waals surface area contributed by atoms with Gasteiger partial charge in [0.15, 0.2) is 0 Å². The largest absolute Gasteiger partial charge is 0.508 e. The first-order valence-electron chi connectivity index (χ1n) is 12.1. The van der Waals surface area contributed by atoms with Crippen LogP contribution in [0.25, 0.3) is 0 Å². The van der Waals surface area contributed by atoms with Crippen LogP contribution in [-0.4, -0.2) is 41.5 Å². The van der Waals surface area contributed by atoms with Crippen LogP contribution in [0.5, 0.6) is 5.75 Å². The van der Waals surface area contributed by atoms with Gasteiger partial charge in [-0.05, 0) is 67.9 Å². The summed E-state index contributed by atoms with van der Waals surface area (Å²) >= 11 is 0. The highest BCUT2D eigenvalue weighted by Crippen LogP contribution is 2.18. The number of hydrogen-bond acceptors (Lipinski definition) is 5. The number of amides is 3. The zero-order chi connectivity index (χ0) is 25.8. The summed E-state index contributed by atoms with van der Waals surface area (Å²) in [6, 6.07) is 12.3. The van der Waals surface area contributed by atoms with Gasteiger partial charge in [-0.15, -0.1) is 0 Å². The molecule has 0 saturated carbocycles. The number of phenolic OH excluding ortho intramolecular Hbond substituents is 1. The van der Waals surface area contributed by atoms with Crippen molar-refractivity contribution in [2.24, 2.45) is 11.7 Å². The van der Waals surface area contributed by atoms with Gasteiger partial charge in [-0.1, -0.05) is 44.2 Å². The van der Waals surface area contributed by atoms with E-state index < -0.39 is 18.0 Å². The van der Waals surface area contributed by atoms with E-state index in [1.807, 2.05) is 18.2 Å². The highest BCUT2D eigenvalue weighted by Gasteiger charge is 2.21. The Bertz CT molecular complexity index is 975. The van der Waals surface area contributed by atoms with E-state index in [0.717, 1.165) is 17.5 Å². The van der Waals surface area contributed by atoms with Crippen LogP contribution in [0.2, 0.25) is 0 Å². The highest BCUT2D eigenvalue weighted by molar-refractivity contribution is 5.98. The fourth-order valence-corrected chi connectivity index (χ4v) is 3.49. The van der Waals surface area contributed by atoms with Gasteiger partial charge < -0.3 is 26.8 Å². The lowest BCUT2D eigenvalue weighted by atomic mass is 10.0. The third-order valence-corrected chi connectivity index (χ3v) is 5.65. The molecule has 190 valence electrons. The number of benzene rings is 2. The maximum Gasteiger partial charge on any atom is 0.246 e. The predicted molar refractivity (Wildman–Crippen MR) is 138 cm³/mol. The molecule has 0 heterocycles. The van der Waals surface area contributed by atoms with Crippen molar-refractivity contribution in [3.63, 3.8) is 0 Å². The van der Waals surface area contributed by atoms with Gasteiger partial charge in [0, 0.05) is 18.7 Å². The summed E-state index contributed by atoms with van der Waals surface area (Å²) < 4.78 is 0. The van der Waals surface area contributed by atoms with Crippen molar-refractivity contribution in [1.82, 2.24) is 10.6 Å². The Morgan fingerprint density at radius 3 is 2.34 bits per heavy atom. The number of carbonyl (C=O) groups excluding carboxylic acids is 3. The minimum atomic E-state index is -0.825. The standard InChI is InChI=1S/C27H38N4O4/c1-18(2)15-16-29-25(33)10-6-8-21-7-4-5-9-24(21)31-26(34)19(3)30-27(35)23(28)17-20-11-13-22(32)14-12-20/h4-5,7,9,11-14,18-19,23,32H,6,8,10,15-17,28H2,1-3H3,(H,29,33)(H,30,35)(H,31,34)/t19-,23+/m1/s1. The van der Waals surface area contributed by atoms with Crippen LogP contribution in [-0.2, 0) is 27.2 Å². The van der Waals surface area contributed by atoms with E-state index in [4.69, 9.17) is 5.73 Å². The van der Waals surface area contributed by atoms with Gasteiger partial charge in [0.25, 0.3) is 0 Å². The Labute approximate surface area is 207 Å². The topological polar surface area (TPSA) is 134 Å². The second kappa shape index (κ2) is 14.1. The van der Waals surface area contributed by atoms with Crippen LogP contribution in [0.3, 0.4) is 0 Å². The molecule has 0 fully saturated rings. The SMILES string of the molecule is CC(C)CCNC(=O)CCCc1ccccc1NC(=O)[C@@H](C)NC(=O)[C@@H](N)Cc1ccc(O)cc1. The highest BCUT2D eigenvalue weighted by atomic mass is 16.3. The van der Waals surface area contributed by atoms with E-state index in [9.17, 15) is 19.5 Å². The molecule has 2 atom stereocenters. The maximum absolute atomic E-state index is 12.7. The fraction of sp³-hybridized carbons (Fsp3) is 0.444. The Morgan fingerprint density at radius 1 is 0.971 bits per heavy atom. The van der Waals surface area contributed by atoms with Crippen molar-refractivity contribution in [3.8, 4) is 5.75 Å². The summed E-state index contributed by atoms with van der Waals surface area (Å²) in [5, 5.41) is 17.8. The van der Waals surface area contributed by atoms with Crippen LogP contribution in [0.4, 0.5) is 5.69 Å². The molecule has 2 aromatic carbocycles. The smallest absolute Gasteiger partial charge is 0.246 e. The van der Waals surface area contributed by atoms with Gasteiger partial charge in [0.2, 0.25) is 17.7 Å². The molecule has 0 aromatic heterocycles. The molecule has 2 rings (SSSR count). The molecule has 0 bridgehead atoms. The first kappa shape index (κ1) is 27.9. The molecule has 0 spiro atoms. The molecule has 3 amide bonds. The summed E-state index contributed by atoms with van der Waals surface area (Å²) in [4.78, 5) is 37.2. The Kier molecular flexibility index (Phi) is 11.2. The molecule has 8 nitrogen and oxygen atoms in total. The molecule has 6 N–H and O–H groups in total. The second-order valence-corrected chi connectivity index (χ2v) is 9.24. The van der Waals surface area contributed by atoms with Crippen LogP contribution in [0.1, 0.15) is 51.2 Å². The molecular weight excluding hydrogens is 444 g/mol. The van der Waals surface area contributed by atoms with Crippen molar-refractivity contribution in [1.29, 1.82) is 0 Å². The van der Waals surface area contributed by atoms with Gasteiger partial charge in [0.05, 0.1) is 6.04 Å². The van der Waals surface area contributed by atoms with Crippen LogP contribution >= 0.6 is 0 Å². The Hall–Kier alpha value is -3.39. The van der Waals surface area contributed by atoms with Gasteiger partial charge in [-0.2, -0.15) is 0 Å². The number of aryl methyl sites for hydroxylation is 1. The van der Waals surface area contributed by atoms with Crippen molar-refractivity contribution in [3.05, 3.63) is 59.7 Å². The number of para-hydroxylation sites is 1. The van der Waals surface area contributed by atoms with Crippen molar-refractivity contribution in [2.45, 2.75) is 65.0 Å². The van der Waals surface area contributed by atoms with Crippen molar-refractivity contribution < 1.29 is 19.5 Å². The average molecular weight is 483 g/mol. The summed E-state index contributed by atoms with van der Waals surface area (Å²) in [5.74, 6) is -0.0612. The zero-order valence-electron chi connectivity index (χ0n) is 20.8. The summed E-state index contributed by atoms with van der Waals surface area (Å²) in [6.07, 6.45) is 2.97. The lowest BCUT2D eigenvalue weighted by Crippen LogP contribution is -2.49. The Balaban J connectivity index is 1.83. The number of nitrogens with two attached hydrogens (primary N) is 1. The summed E-state index contributed by atoms with van der Waals surface area (Å²) in [7, 11) is 0. The number of phenols is 1. The molecule has 0 aliphatic carbocycles. The normalized spacial score (nSPS) is 12.6. The van der Waals surface area contributed by atoms with E-state index in [1.165, 1.54) is 12.1 Å². The van der Waals surface area contributed by atoms with E-state index >= 15 is 0 Å².